The Morgan fingerprint density at radius 1 is 1.03 bits per heavy atom. The first-order chi connectivity index (χ1) is 13.9. The van der Waals surface area contributed by atoms with Crippen molar-refractivity contribution in [3.8, 4) is 0 Å². The van der Waals surface area contributed by atoms with Gasteiger partial charge in [0.1, 0.15) is 0 Å². The Morgan fingerprint density at radius 3 is 2.52 bits per heavy atom. The van der Waals surface area contributed by atoms with Crippen molar-refractivity contribution in [2.24, 2.45) is 11.0 Å². The number of hydrogen-bond acceptors (Lipinski definition) is 3. The molecule has 1 saturated carbocycles. The van der Waals surface area contributed by atoms with Crippen molar-refractivity contribution in [2.75, 3.05) is 5.32 Å². The molecule has 1 fully saturated rings. The molecule has 2 amide bonds. The van der Waals surface area contributed by atoms with Gasteiger partial charge in [0.05, 0.1) is 16.3 Å². The molecule has 0 heterocycles. The third-order valence-electron chi connectivity index (χ3n) is 5.02. The zero-order valence-corrected chi connectivity index (χ0v) is 17.7. The first-order valence-corrected chi connectivity index (χ1v) is 10.4. The Bertz CT molecular complexity index is 937. The van der Waals surface area contributed by atoms with Crippen LogP contribution in [0.2, 0.25) is 10.0 Å². The second-order valence-corrected chi connectivity index (χ2v) is 8.01. The molecule has 1 aliphatic carbocycles. The fraction of sp³-hybridized carbons (Fsp3) is 0.318. The van der Waals surface area contributed by atoms with Crippen LogP contribution in [0.3, 0.4) is 0 Å². The van der Waals surface area contributed by atoms with E-state index in [1.54, 1.807) is 24.3 Å². The lowest BCUT2D eigenvalue weighted by Gasteiger charge is -2.19. The predicted octanol–water partition coefficient (Wildman–Crippen LogP) is 5.67. The highest BCUT2D eigenvalue weighted by atomic mass is 35.5. The second kappa shape index (κ2) is 9.90. The number of hydrogen-bond donors (Lipinski definition) is 2. The highest BCUT2D eigenvalue weighted by molar-refractivity contribution is 6.37. The topological polar surface area (TPSA) is 70.6 Å². The average molecular weight is 432 g/mol. The summed E-state index contributed by atoms with van der Waals surface area (Å²) in [6.45, 7) is 1.82. The van der Waals surface area contributed by atoms with Gasteiger partial charge in [-0.25, -0.2) is 5.43 Å². The van der Waals surface area contributed by atoms with Crippen molar-refractivity contribution in [1.29, 1.82) is 0 Å². The molecule has 0 unspecified atom stereocenters. The molecule has 1 aliphatic rings. The lowest BCUT2D eigenvalue weighted by Crippen LogP contribution is -2.29. The molecule has 2 aromatic carbocycles. The fourth-order valence-electron chi connectivity index (χ4n) is 3.35. The summed E-state index contributed by atoms with van der Waals surface area (Å²) in [5, 5.41) is 7.82. The molecule has 0 aliphatic heterocycles. The van der Waals surface area contributed by atoms with Gasteiger partial charge in [0.15, 0.2) is 0 Å². The minimum atomic E-state index is -0.330. The Labute approximate surface area is 180 Å². The van der Waals surface area contributed by atoms with Gasteiger partial charge >= 0.3 is 0 Å². The number of benzene rings is 2. The number of nitrogens with one attached hydrogen (secondary N) is 2. The van der Waals surface area contributed by atoms with Crippen molar-refractivity contribution >= 4 is 46.4 Å². The van der Waals surface area contributed by atoms with Crippen LogP contribution in [0.15, 0.2) is 47.6 Å². The summed E-state index contributed by atoms with van der Waals surface area (Å²) in [4.78, 5) is 24.8. The quantitative estimate of drug-likeness (QED) is 0.472. The first kappa shape index (κ1) is 21.3. The van der Waals surface area contributed by atoms with E-state index in [0.29, 0.717) is 22.0 Å². The van der Waals surface area contributed by atoms with Gasteiger partial charge < -0.3 is 5.32 Å². The molecule has 0 radical (unpaired) electrons. The number of halogens is 2. The molecule has 3 rings (SSSR count). The van der Waals surface area contributed by atoms with E-state index in [-0.39, 0.29) is 22.8 Å². The Kier molecular flexibility index (Phi) is 7.29. The maximum absolute atomic E-state index is 12.5. The smallest absolute Gasteiger partial charge is 0.257 e. The summed E-state index contributed by atoms with van der Waals surface area (Å²) in [5.74, 6) is -0.301. The van der Waals surface area contributed by atoms with Crippen molar-refractivity contribution in [1.82, 2.24) is 5.43 Å². The highest BCUT2D eigenvalue weighted by Crippen LogP contribution is 2.24. The number of amides is 2. The molecule has 0 bridgehead atoms. The van der Waals surface area contributed by atoms with Crippen LogP contribution in [0.25, 0.3) is 0 Å². The van der Waals surface area contributed by atoms with E-state index in [0.717, 1.165) is 31.2 Å². The van der Waals surface area contributed by atoms with Crippen LogP contribution in [0, 0.1) is 5.92 Å². The molecule has 5 nitrogen and oxygen atoms in total. The highest BCUT2D eigenvalue weighted by Gasteiger charge is 2.20. The zero-order chi connectivity index (χ0) is 20.8. The Morgan fingerprint density at radius 2 is 1.79 bits per heavy atom. The van der Waals surface area contributed by atoms with Crippen LogP contribution in [-0.2, 0) is 4.79 Å². The van der Waals surface area contributed by atoms with Gasteiger partial charge in [-0.3, -0.25) is 9.59 Å². The Hall–Kier alpha value is -2.37. The maximum Gasteiger partial charge on any atom is 0.257 e. The summed E-state index contributed by atoms with van der Waals surface area (Å²) in [6.07, 6.45) is 5.25. The minimum Gasteiger partial charge on any atom is -0.322 e. The number of rotatable bonds is 5. The average Bonchev–Trinajstić information content (AvgIpc) is 2.72. The third kappa shape index (κ3) is 5.81. The largest absolute Gasteiger partial charge is 0.322 e. The van der Waals surface area contributed by atoms with Crippen LogP contribution in [0.5, 0.6) is 0 Å². The van der Waals surface area contributed by atoms with Gasteiger partial charge in [-0.1, -0.05) is 54.6 Å². The molecule has 2 N–H and O–H groups in total. The predicted molar refractivity (Wildman–Crippen MR) is 118 cm³/mol. The van der Waals surface area contributed by atoms with Crippen LogP contribution in [0.4, 0.5) is 5.69 Å². The fourth-order valence-corrected chi connectivity index (χ4v) is 3.85. The third-order valence-corrected chi connectivity index (χ3v) is 5.57. The molecule has 152 valence electrons. The van der Waals surface area contributed by atoms with Crippen LogP contribution in [-0.4, -0.2) is 17.5 Å². The number of carbonyl (C=O) groups excluding carboxylic acids is 2. The zero-order valence-electron chi connectivity index (χ0n) is 16.2. The molecule has 29 heavy (non-hydrogen) atoms. The van der Waals surface area contributed by atoms with Gasteiger partial charge in [0, 0.05) is 16.6 Å². The number of nitrogens with zero attached hydrogens (tertiary/aromatic N) is 1. The van der Waals surface area contributed by atoms with E-state index in [9.17, 15) is 9.59 Å². The lowest BCUT2D eigenvalue weighted by atomic mass is 9.89. The van der Waals surface area contributed by atoms with E-state index < -0.39 is 0 Å². The van der Waals surface area contributed by atoms with Crippen LogP contribution >= 0.6 is 23.2 Å². The maximum atomic E-state index is 12.5. The number of carbonyl (C=O) groups is 2. The van der Waals surface area contributed by atoms with Crippen molar-refractivity contribution in [3.63, 3.8) is 0 Å². The summed E-state index contributed by atoms with van der Waals surface area (Å²) in [6, 6.07) is 12.0. The van der Waals surface area contributed by atoms with Crippen LogP contribution in [0.1, 0.15) is 54.9 Å². The van der Waals surface area contributed by atoms with E-state index >= 15 is 0 Å². The van der Waals surface area contributed by atoms with E-state index in [2.05, 4.69) is 15.8 Å². The van der Waals surface area contributed by atoms with Crippen LogP contribution < -0.4 is 10.7 Å². The van der Waals surface area contributed by atoms with Crippen molar-refractivity contribution in [2.45, 2.75) is 39.0 Å². The second-order valence-electron chi connectivity index (χ2n) is 7.17. The van der Waals surface area contributed by atoms with Gasteiger partial charge in [0.25, 0.3) is 5.91 Å². The first-order valence-electron chi connectivity index (χ1n) is 9.65. The SMILES string of the molecule is CC(=NNC(=O)C1CCCCC1)c1cccc(NC(=O)c2ccc(Cl)cc2Cl)c1. The monoisotopic (exact) mass is 431 g/mol. The van der Waals surface area contributed by atoms with Gasteiger partial charge in [-0.05, 0) is 55.7 Å². The summed E-state index contributed by atoms with van der Waals surface area (Å²) in [5.41, 5.74) is 5.09. The van der Waals surface area contributed by atoms with E-state index in [1.165, 1.54) is 12.5 Å². The molecule has 0 spiro atoms. The molecular formula is C22H23Cl2N3O2. The number of anilines is 1. The van der Waals surface area contributed by atoms with Gasteiger partial charge in [-0.2, -0.15) is 5.10 Å². The van der Waals surface area contributed by atoms with E-state index in [1.807, 2.05) is 19.1 Å². The number of hydrazone groups is 1. The lowest BCUT2D eigenvalue weighted by molar-refractivity contribution is -0.125. The molecule has 0 saturated heterocycles. The van der Waals surface area contributed by atoms with Gasteiger partial charge in [0.2, 0.25) is 5.91 Å². The summed E-state index contributed by atoms with van der Waals surface area (Å²) in [7, 11) is 0. The van der Waals surface area contributed by atoms with Crippen molar-refractivity contribution < 1.29 is 9.59 Å². The molecule has 0 aromatic heterocycles. The normalized spacial score (nSPS) is 15.1. The minimum absolute atomic E-state index is 0.0223. The standard InChI is InChI=1S/C22H23Cl2N3O2/c1-14(26-27-21(28)15-6-3-2-4-7-15)16-8-5-9-18(12-16)25-22(29)19-11-10-17(23)13-20(19)24/h5,8-13,15H,2-4,6-7H2,1H3,(H,25,29)(H,27,28). The summed E-state index contributed by atoms with van der Waals surface area (Å²) < 4.78 is 0. The summed E-state index contributed by atoms with van der Waals surface area (Å²) >= 11 is 12.0. The molecule has 0 atom stereocenters. The molecular weight excluding hydrogens is 409 g/mol. The Balaban J connectivity index is 1.66. The van der Waals surface area contributed by atoms with E-state index in [4.69, 9.17) is 23.2 Å². The molecule has 7 heteroatoms. The van der Waals surface area contributed by atoms with Crippen molar-refractivity contribution in [3.05, 3.63) is 63.6 Å². The molecule has 2 aromatic rings. The van der Waals surface area contributed by atoms with Gasteiger partial charge in [-0.15, -0.1) is 0 Å².